The molecule has 1 aromatic carbocycles. The van der Waals surface area contributed by atoms with Crippen LogP contribution in [-0.4, -0.2) is 16.9 Å². The number of aromatic nitrogens is 1. The van der Waals surface area contributed by atoms with Gasteiger partial charge in [0.25, 0.3) is 5.91 Å². The molecule has 1 amide bonds. The summed E-state index contributed by atoms with van der Waals surface area (Å²) in [6.07, 6.45) is 0.887. The summed E-state index contributed by atoms with van der Waals surface area (Å²) in [7, 11) is 0. The SMILES string of the molecule is CC[C@H](C)NC(=O)c1sc2nc3cc(C)ccc3cc2c1N. The Labute approximate surface area is 133 Å². The summed E-state index contributed by atoms with van der Waals surface area (Å²) < 4.78 is 0. The van der Waals surface area contributed by atoms with Crippen LogP contribution in [0, 0.1) is 6.92 Å². The van der Waals surface area contributed by atoms with Gasteiger partial charge in [-0.3, -0.25) is 4.79 Å². The van der Waals surface area contributed by atoms with Crippen LogP contribution in [0.25, 0.3) is 21.1 Å². The highest BCUT2D eigenvalue weighted by atomic mass is 32.1. The number of nitrogens with one attached hydrogen (secondary N) is 1. The van der Waals surface area contributed by atoms with E-state index in [1.54, 1.807) is 0 Å². The molecular formula is C17H19N3OS. The predicted octanol–water partition coefficient (Wildman–Crippen LogP) is 3.87. The van der Waals surface area contributed by atoms with Gasteiger partial charge < -0.3 is 11.1 Å². The normalized spacial score (nSPS) is 12.7. The van der Waals surface area contributed by atoms with Crippen molar-refractivity contribution in [1.82, 2.24) is 10.3 Å². The summed E-state index contributed by atoms with van der Waals surface area (Å²) in [5.41, 5.74) is 8.81. The highest BCUT2D eigenvalue weighted by Gasteiger charge is 2.18. The number of hydrogen-bond donors (Lipinski definition) is 2. The van der Waals surface area contributed by atoms with E-state index in [0.29, 0.717) is 10.6 Å². The molecule has 0 spiro atoms. The van der Waals surface area contributed by atoms with Gasteiger partial charge in [0.05, 0.1) is 11.2 Å². The second kappa shape index (κ2) is 5.57. The monoisotopic (exact) mass is 313 g/mol. The molecule has 1 atom stereocenters. The van der Waals surface area contributed by atoms with Crippen molar-refractivity contribution in [2.24, 2.45) is 0 Å². The van der Waals surface area contributed by atoms with E-state index >= 15 is 0 Å². The number of aryl methyl sites for hydroxylation is 1. The first kappa shape index (κ1) is 14.8. The van der Waals surface area contributed by atoms with Gasteiger partial charge >= 0.3 is 0 Å². The molecule has 2 heterocycles. The van der Waals surface area contributed by atoms with Crippen molar-refractivity contribution in [2.45, 2.75) is 33.2 Å². The van der Waals surface area contributed by atoms with E-state index in [4.69, 9.17) is 5.73 Å². The fourth-order valence-electron chi connectivity index (χ4n) is 2.36. The van der Waals surface area contributed by atoms with Crippen molar-refractivity contribution in [1.29, 1.82) is 0 Å². The van der Waals surface area contributed by atoms with Crippen molar-refractivity contribution in [2.75, 3.05) is 5.73 Å². The number of fused-ring (bicyclic) bond motifs is 2. The van der Waals surface area contributed by atoms with Gasteiger partial charge in [0.1, 0.15) is 9.71 Å². The van der Waals surface area contributed by atoms with Gasteiger partial charge in [-0.2, -0.15) is 0 Å². The number of hydrogen-bond acceptors (Lipinski definition) is 4. The summed E-state index contributed by atoms with van der Waals surface area (Å²) in [4.78, 5) is 18.4. The molecular weight excluding hydrogens is 294 g/mol. The minimum atomic E-state index is -0.116. The molecule has 0 bridgehead atoms. The number of carbonyl (C=O) groups excluding carboxylic acids is 1. The smallest absolute Gasteiger partial charge is 0.263 e. The van der Waals surface area contributed by atoms with Crippen LogP contribution >= 0.6 is 11.3 Å². The molecule has 2 aromatic heterocycles. The van der Waals surface area contributed by atoms with Crippen LogP contribution < -0.4 is 11.1 Å². The summed E-state index contributed by atoms with van der Waals surface area (Å²) in [5, 5.41) is 4.86. The fourth-order valence-corrected chi connectivity index (χ4v) is 3.35. The number of nitrogens with two attached hydrogens (primary N) is 1. The minimum absolute atomic E-state index is 0.116. The molecule has 0 radical (unpaired) electrons. The number of thiophene rings is 1. The Morgan fingerprint density at radius 1 is 1.41 bits per heavy atom. The molecule has 0 aliphatic heterocycles. The number of carbonyl (C=O) groups is 1. The van der Waals surface area contributed by atoms with Crippen LogP contribution in [0.3, 0.4) is 0 Å². The van der Waals surface area contributed by atoms with Gasteiger partial charge in [-0.05, 0) is 38.0 Å². The highest BCUT2D eigenvalue weighted by Crippen LogP contribution is 2.34. The Hall–Kier alpha value is -2.14. The maximum absolute atomic E-state index is 12.3. The Kier molecular flexibility index (Phi) is 3.74. The zero-order valence-electron chi connectivity index (χ0n) is 12.9. The standard InChI is InChI=1S/C17H19N3OS/c1-4-10(3)19-16(21)15-14(18)12-8-11-6-5-9(2)7-13(11)20-17(12)22-15/h5-8,10H,4,18H2,1-3H3,(H,19,21)/t10-/m0/s1. The van der Waals surface area contributed by atoms with Crippen molar-refractivity contribution < 1.29 is 4.79 Å². The number of benzene rings is 1. The quantitative estimate of drug-likeness (QED) is 0.771. The van der Waals surface area contributed by atoms with E-state index in [0.717, 1.165) is 27.5 Å². The first-order valence-electron chi connectivity index (χ1n) is 7.40. The van der Waals surface area contributed by atoms with E-state index in [-0.39, 0.29) is 11.9 Å². The van der Waals surface area contributed by atoms with E-state index < -0.39 is 0 Å². The molecule has 0 aliphatic carbocycles. The lowest BCUT2D eigenvalue weighted by Gasteiger charge is -2.10. The molecule has 0 aliphatic rings. The third-order valence-electron chi connectivity index (χ3n) is 3.87. The van der Waals surface area contributed by atoms with Gasteiger partial charge in [0.15, 0.2) is 0 Å². The predicted molar refractivity (Wildman–Crippen MR) is 93.5 cm³/mol. The van der Waals surface area contributed by atoms with Crippen LogP contribution in [0.4, 0.5) is 5.69 Å². The minimum Gasteiger partial charge on any atom is -0.397 e. The first-order valence-corrected chi connectivity index (χ1v) is 8.21. The van der Waals surface area contributed by atoms with Crippen molar-refractivity contribution >= 4 is 44.1 Å². The molecule has 3 rings (SSSR count). The molecule has 114 valence electrons. The number of nitrogen functional groups attached to an aromatic ring is 1. The maximum Gasteiger partial charge on any atom is 0.263 e. The average Bonchev–Trinajstić information content (AvgIpc) is 2.81. The summed E-state index contributed by atoms with van der Waals surface area (Å²) in [6.45, 7) is 6.06. The lowest BCUT2D eigenvalue weighted by atomic mass is 10.1. The van der Waals surface area contributed by atoms with Crippen molar-refractivity contribution in [3.8, 4) is 0 Å². The lowest BCUT2D eigenvalue weighted by Crippen LogP contribution is -2.31. The largest absolute Gasteiger partial charge is 0.397 e. The maximum atomic E-state index is 12.3. The van der Waals surface area contributed by atoms with Gasteiger partial charge in [-0.25, -0.2) is 4.98 Å². The van der Waals surface area contributed by atoms with Crippen LogP contribution in [-0.2, 0) is 0 Å². The van der Waals surface area contributed by atoms with Crippen LogP contribution in [0.2, 0.25) is 0 Å². The van der Waals surface area contributed by atoms with Crippen molar-refractivity contribution in [3.05, 3.63) is 34.7 Å². The summed E-state index contributed by atoms with van der Waals surface area (Å²) in [5.74, 6) is -0.116. The Bertz CT molecular complexity index is 869. The molecule has 0 saturated carbocycles. The number of nitrogens with zero attached hydrogens (tertiary/aromatic N) is 1. The van der Waals surface area contributed by atoms with E-state index in [1.807, 2.05) is 39.0 Å². The first-order chi connectivity index (χ1) is 10.5. The highest BCUT2D eigenvalue weighted by molar-refractivity contribution is 7.21. The zero-order chi connectivity index (χ0) is 15.9. The summed E-state index contributed by atoms with van der Waals surface area (Å²) >= 11 is 1.36. The Morgan fingerprint density at radius 3 is 2.91 bits per heavy atom. The topological polar surface area (TPSA) is 68.0 Å². The average molecular weight is 313 g/mol. The number of pyridine rings is 1. The van der Waals surface area contributed by atoms with Crippen molar-refractivity contribution in [3.63, 3.8) is 0 Å². The van der Waals surface area contributed by atoms with E-state index in [1.165, 1.54) is 16.9 Å². The second-order valence-corrected chi connectivity index (χ2v) is 6.66. The van der Waals surface area contributed by atoms with Crippen LogP contribution in [0.15, 0.2) is 24.3 Å². The molecule has 3 aromatic rings. The third-order valence-corrected chi connectivity index (χ3v) is 4.98. The van der Waals surface area contributed by atoms with Crippen LogP contribution in [0.5, 0.6) is 0 Å². The Balaban J connectivity index is 2.11. The van der Waals surface area contributed by atoms with Crippen LogP contribution in [0.1, 0.15) is 35.5 Å². The molecule has 0 unspecified atom stereocenters. The van der Waals surface area contributed by atoms with Gasteiger partial charge in [-0.1, -0.05) is 19.1 Å². The second-order valence-electron chi connectivity index (χ2n) is 5.66. The molecule has 0 saturated heterocycles. The molecule has 5 heteroatoms. The molecule has 22 heavy (non-hydrogen) atoms. The number of amides is 1. The fraction of sp³-hybridized carbons (Fsp3) is 0.294. The molecule has 4 nitrogen and oxygen atoms in total. The molecule has 3 N–H and O–H groups in total. The number of rotatable bonds is 3. The van der Waals surface area contributed by atoms with Gasteiger partial charge in [-0.15, -0.1) is 11.3 Å². The lowest BCUT2D eigenvalue weighted by molar-refractivity contribution is 0.0944. The van der Waals surface area contributed by atoms with E-state index in [9.17, 15) is 4.79 Å². The molecule has 0 fully saturated rings. The number of anilines is 1. The third kappa shape index (κ3) is 2.52. The van der Waals surface area contributed by atoms with E-state index in [2.05, 4.69) is 16.4 Å². The Morgan fingerprint density at radius 2 is 2.18 bits per heavy atom. The summed E-state index contributed by atoms with van der Waals surface area (Å²) in [6, 6.07) is 8.28. The zero-order valence-corrected chi connectivity index (χ0v) is 13.8. The van der Waals surface area contributed by atoms with Gasteiger partial charge in [0.2, 0.25) is 0 Å². The van der Waals surface area contributed by atoms with Gasteiger partial charge in [0, 0.05) is 16.8 Å².